The van der Waals surface area contributed by atoms with Crippen molar-refractivity contribution in [2.75, 3.05) is 0 Å². The number of amides is 1. The van der Waals surface area contributed by atoms with Gasteiger partial charge in [0.05, 0.1) is 23.0 Å². The first-order valence-electron chi connectivity index (χ1n) is 10.0. The van der Waals surface area contributed by atoms with Gasteiger partial charge in [0.15, 0.2) is 0 Å². The first kappa shape index (κ1) is 20.0. The smallest absolute Gasteiger partial charge is 0.267 e. The summed E-state index contributed by atoms with van der Waals surface area (Å²) in [5.41, 5.74) is 7.07. The van der Waals surface area contributed by atoms with E-state index in [2.05, 4.69) is 48.6 Å². The number of nitrogens with zero attached hydrogens (tertiary/aromatic N) is 2. The minimum Gasteiger partial charge on any atom is -0.267 e. The topological polar surface area (TPSA) is 54.4 Å². The number of thiophene rings is 1. The molecule has 4 aromatic rings. The lowest BCUT2D eigenvalue weighted by Gasteiger charge is -2.11. The van der Waals surface area contributed by atoms with Crippen LogP contribution in [0.3, 0.4) is 0 Å². The lowest BCUT2D eigenvalue weighted by atomic mass is 9.96. The van der Waals surface area contributed by atoms with Gasteiger partial charge in [0.2, 0.25) is 0 Å². The Kier molecular flexibility index (Phi) is 6.00. The van der Waals surface area contributed by atoms with Crippen LogP contribution >= 0.6 is 11.3 Å². The Morgan fingerprint density at radius 3 is 2.67 bits per heavy atom. The molecule has 150 valence electrons. The van der Waals surface area contributed by atoms with Gasteiger partial charge in [-0.15, -0.1) is 11.3 Å². The Labute approximate surface area is 180 Å². The van der Waals surface area contributed by atoms with Crippen LogP contribution in [0.5, 0.6) is 0 Å². The summed E-state index contributed by atoms with van der Waals surface area (Å²) in [6.45, 7) is 4.41. The maximum absolute atomic E-state index is 12.9. The fraction of sp³-hybridized carbons (Fsp3) is 0.160. The van der Waals surface area contributed by atoms with E-state index in [4.69, 9.17) is 4.98 Å². The van der Waals surface area contributed by atoms with Gasteiger partial charge >= 0.3 is 0 Å². The van der Waals surface area contributed by atoms with E-state index in [9.17, 15) is 4.79 Å². The molecule has 0 bridgehead atoms. The summed E-state index contributed by atoms with van der Waals surface area (Å²) < 4.78 is 0. The van der Waals surface area contributed by atoms with Crippen molar-refractivity contribution in [3.63, 3.8) is 0 Å². The first-order chi connectivity index (χ1) is 14.7. The number of carbonyl (C=O) groups is 1. The molecule has 4 rings (SSSR count). The molecule has 2 aromatic carbocycles. The predicted molar refractivity (Wildman–Crippen MR) is 125 cm³/mol. The van der Waals surface area contributed by atoms with Crippen molar-refractivity contribution in [1.29, 1.82) is 0 Å². The van der Waals surface area contributed by atoms with Crippen molar-refractivity contribution < 1.29 is 4.79 Å². The summed E-state index contributed by atoms with van der Waals surface area (Å²) >= 11 is 1.57. The Morgan fingerprint density at radius 1 is 1.13 bits per heavy atom. The zero-order valence-electron chi connectivity index (χ0n) is 17.0. The van der Waals surface area contributed by atoms with Gasteiger partial charge in [-0.05, 0) is 41.5 Å². The molecule has 1 amide bonds. The summed E-state index contributed by atoms with van der Waals surface area (Å²) in [4.78, 5) is 18.7. The fourth-order valence-electron chi connectivity index (χ4n) is 3.31. The van der Waals surface area contributed by atoms with Gasteiger partial charge in [-0.25, -0.2) is 10.4 Å². The minimum absolute atomic E-state index is 0.251. The van der Waals surface area contributed by atoms with E-state index in [1.165, 1.54) is 5.56 Å². The van der Waals surface area contributed by atoms with E-state index in [-0.39, 0.29) is 5.91 Å². The summed E-state index contributed by atoms with van der Waals surface area (Å²) in [5, 5.41) is 6.88. The molecule has 0 radical (unpaired) electrons. The zero-order valence-corrected chi connectivity index (χ0v) is 17.8. The van der Waals surface area contributed by atoms with Crippen molar-refractivity contribution in [3.05, 3.63) is 88.1 Å². The molecule has 1 N–H and O–H groups in total. The van der Waals surface area contributed by atoms with Gasteiger partial charge in [0.1, 0.15) is 0 Å². The van der Waals surface area contributed by atoms with Gasteiger partial charge < -0.3 is 0 Å². The molecule has 5 heteroatoms. The number of hydrazone groups is 1. The molecular weight excluding hydrogens is 390 g/mol. The maximum atomic E-state index is 12.9. The standard InChI is InChI=1S/C25H23N3OS/c1-3-17(2)18-10-12-19(13-11-18)24-15-22(21-8-4-5-9-23(21)27-24)25(29)28-26-16-20-7-6-14-30-20/h4-17H,3H2,1-2H3,(H,28,29)/b26-16-/t17-/m0/s1. The molecule has 2 heterocycles. The van der Waals surface area contributed by atoms with Crippen molar-refractivity contribution in [3.8, 4) is 11.3 Å². The van der Waals surface area contributed by atoms with Gasteiger partial charge in [-0.3, -0.25) is 4.79 Å². The number of hydrogen-bond acceptors (Lipinski definition) is 4. The molecule has 0 saturated carbocycles. The van der Waals surface area contributed by atoms with Crippen LogP contribution in [0.4, 0.5) is 0 Å². The lowest BCUT2D eigenvalue weighted by molar-refractivity contribution is 0.0956. The van der Waals surface area contributed by atoms with Crippen LogP contribution in [0.15, 0.2) is 77.2 Å². The SMILES string of the molecule is CC[C@H](C)c1ccc(-c2cc(C(=O)N/N=C\c3cccs3)c3ccccc3n2)cc1. The van der Waals surface area contributed by atoms with Crippen molar-refractivity contribution in [1.82, 2.24) is 10.4 Å². The van der Waals surface area contributed by atoms with Crippen molar-refractivity contribution >= 4 is 34.4 Å². The molecule has 0 saturated heterocycles. The maximum Gasteiger partial charge on any atom is 0.272 e. The molecule has 1 atom stereocenters. The number of hydrogen-bond donors (Lipinski definition) is 1. The largest absolute Gasteiger partial charge is 0.272 e. The molecule has 30 heavy (non-hydrogen) atoms. The van der Waals surface area contributed by atoms with E-state index in [0.717, 1.165) is 33.5 Å². The summed E-state index contributed by atoms with van der Waals surface area (Å²) in [6, 6.07) is 21.9. The summed E-state index contributed by atoms with van der Waals surface area (Å²) in [5.74, 6) is 0.269. The summed E-state index contributed by atoms with van der Waals surface area (Å²) in [6.07, 6.45) is 2.75. The number of pyridine rings is 1. The van der Waals surface area contributed by atoms with E-state index < -0.39 is 0 Å². The molecule has 0 fully saturated rings. The number of benzene rings is 2. The molecular formula is C25H23N3OS. The van der Waals surface area contributed by atoms with Crippen LogP contribution in [0.1, 0.15) is 47.0 Å². The highest BCUT2D eigenvalue weighted by Gasteiger charge is 2.14. The van der Waals surface area contributed by atoms with Crippen LogP contribution in [0, 0.1) is 0 Å². The molecule has 2 aromatic heterocycles. The molecule has 0 unspecified atom stereocenters. The average molecular weight is 414 g/mol. The number of para-hydroxylation sites is 1. The van der Waals surface area contributed by atoms with E-state index >= 15 is 0 Å². The second-order valence-corrected chi connectivity index (χ2v) is 8.20. The second-order valence-electron chi connectivity index (χ2n) is 7.22. The summed E-state index contributed by atoms with van der Waals surface area (Å²) in [7, 11) is 0. The Balaban J connectivity index is 1.68. The number of rotatable bonds is 6. The highest BCUT2D eigenvalue weighted by atomic mass is 32.1. The number of fused-ring (bicyclic) bond motifs is 1. The minimum atomic E-state index is -0.251. The average Bonchev–Trinajstić information content (AvgIpc) is 3.31. The quantitative estimate of drug-likeness (QED) is 0.300. The van der Waals surface area contributed by atoms with E-state index in [1.54, 1.807) is 17.6 Å². The molecule has 4 nitrogen and oxygen atoms in total. The third-order valence-electron chi connectivity index (χ3n) is 5.25. The van der Waals surface area contributed by atoms with Crippen molar-refractivity contribution in [2.24, 2.45) is 5.10 Å². The van der Waals surface area contributed by atoms with Crippen molar-refractivity contribution in [2.45, 2.75) is 26.2 Å². The second kappa shape index (κ2) is 9.01. The number of nitrogens with one attached hydrogen (secondary N) is 1. The highest BCUT2D eigenvalue weighted by molar-refractivity contribution is 7.11. The number of aromatic nitrogens is 1. The predicted octanol–water partition coefficient (Wildman–Crippen LogP) is 6.24. The third-order valence-corrected chi connectivity index (χ3v) is 6.06. The first-order valence-corrected chi connectivity index (χ1v) is 10.9. The van der Waals surface area contributed by atoms with Crippen LogP contribution < -0.4 is 5.43 Å². The fourth-order valence-corrected chi connectivity index (χ4v) is 3.89. The number of carbonyl (C=O) groups excluding carboxylic acids is 1. The Bertz CT molecular complexity index is 1180. The van der Waals surface area contributed by atoms with Crippen LogP contribution in [0.2, 0.25) is 0 Å². The van der Waals surface area contributed by atoms with E-state index in [0.29, 0.717) is 11.5 Å². The zero-order chi connectivity index (χ0) is 20.9. The van der Waals surface area contributed by atoms with Crippen LogP contribution in [-0.4, -0.2) is 17.1 Å². The van der Waals surface area contributed by atoms with Gasteiger partial charge in [-0.2, -0.15) is 5.10 Å². The van der Waals surface area contributed by atoms with Crippen LogP contribution in [-0.2, 0) is 0 Å². The Morgan fingerprint density at radius 2 is 1.93 bits per heavy atom. The molecule has 0 aliphatic carbocycles. The van der Waals surface area contributed by atoms with Gasteiger partial charge in [0, 0.05) is 15.8 Å². The van der Waals surface area contributed by atoms with E-state index in [1.807, 2.05) is 47.8 Å². The van der Waals surface area contributed by atoms with Crippen LogP contribution in [0.25, 0.3) is 22.2 Å². The highest BCUT2D eigenvalue weighted by Crippen LogP contribution is 2.27. The lowest BCUT2D eigenvalue weighted by Crippen LogP contribution is -2.18. The van der Waals surface area contributed by atoms with Gasteiger partial charge in [0.25, 0.3) is 5.91 Å². The monoisotopic (exact) mass is 413 g/mol. The Hall–Kier alpha value is -3.31. The normalized spacial score (nSPS) is 12.3. The molecule has 0 aliphatic heterocycles. The third kappa shape index (κ3) is 4.31. The molecule has 0 aliphatic rings. The molecule has 0 spiro atoms. The van der Waals surface area contributed by atoms with Gasteiger partial charge in [-0.1, -0.05) is 62.4 Å².